The number of hydrogen-bond donors (Lipinski definition) is 2. The number of nitrogens with zero attached hydrogens (tertiary/aromatic N) is 1. The summed E-state index contributed by atoms with van der Waals surface area (Å²) in [7, 11) is 0. The average molecular weight is 324 g/mol. The molecule has 1 saturated carbocycles. The highest BCUT2D eigenvalue weighted by molar-refractivity contribution is 8.00. The molecule has 1 fully saturated rings. The van der Waals surface area contributed by atoms with Crippen molar-refractivity contribution >= 4 is 40.3 Å². The Balaban J connectivity index is 1.94. The van der Waals surface area contributed by atoms with E-state index in [1.54, 1.807) is 34.4 Å². The van der Waals surface area contributed by atoms with Crippen molar-refractivity contribution in [3.05, 3.63) is 22.0 Å². The summed E-state index contributed by atoms with van der Waals surface area (Å²) >= 11 is 5.00. The first kappa shape index (κ1) is 14.1. The third-order valence-corrected chi connectivity index (χ3v) is 6.87. The first-order valence-corrected chi connectivity index (χ1v) is 9.59. The highest BCUT2D eigenvalue weighted by Crippen LogP contribution is 2.41. The van der Waals surface area contributed by atoms with Gasteiger partial charge >= 0.3 is 0 Å². The molecule has 0 unspecified atom stereocenters. The Morgan fingerprint density at radius 2 is 2.20 bits per heavy atom. The molecule has 2 aromatic rings. The summed E-state index contributed by atoms with van der Waals surface area (Å²) in [5.41, 5.74) is 8.00. The molecule has 6 heteroatoms. The molecule has 20 heavy (non-hydrogen) atoms. The van der Waals surface area contributed by atoms with Crippen LogP contribution in [0.1, 0.15) is 42.2 Å². The van der Waals surface area contributed by atoms with E-state index in [0.29, 0.717) is 5.92 Å². The van der Waals surface area contributed by atoms with Gasteiger partial charge in [-0.3, -0.25) is 5.41 Å². The van der Waals surface area contributed by atoms with Crippen molar-refractivity contribution in [2.45, 2.75) is 35.8 Å². The Bertz CT molecular complexity index is 623. The molecule has 0 aliphatic heterocycles. The Hall–Kier alpha value is -0.850. The molecule has 0 saturated heterocycles. The van der Waals surface area contributed by atoms with Gasteiger partial charge in [0.1, 0.15) is 10.8 Å². The van der Waals surface area contributed by atoms with E-state index in [-0.39, 0.29) is 5.84 Å². The maximum Gasteiger partial charge on any atom is 0.133 e. The van der Waals surface area contributed by atoms with E-state index in [1.165, 1.54) is 35.6 Å². The summed E-state index contributed by atoms with van der Waals surface area (Å²) in [6, 6.07) is 2.01. The lowest BCUT2D eigenvalue weighted by Gasteiger charge is -2.03. The number of thioether (sulfide) groups is 1. The number of rotatable bonds is 4. The van der Waals surface area contributed by atoms with Crippen molar-refractivity contribution < 1.29 is 0 Å². The fourth-order valence-electron chi connectivity index (χ4n) is 2.63. The fraction of sp³-hybridized carbons (Fsp3) is 0.429. The van der Waals surface area contributed by atoms with Gasteiger partial charge in [-0.1, -0.05) is 12.8 Å². The maximum atomic E-state index is 7.59. The molecule has 2 aromatic heterocycles. The van der Waals surface area contributed by atoms with Gasteiger partial charge in [-0.15, -0.1) is 34.4 Å². The van der Waals surface area contributed by atoms with Crippen LogP contribution in [0.3, 0.4) is 0 Å². The van der Waals surface area contributed by atoms with Gasteiger partial charge in [-0.25, -0.2) is 4.98 Å². The summed E-state index contributed by atoms with van der Waals surface area (Å²) in [6.07, 6.45) is 7.29. The number of nitrogens with two attached hydrogens (primary N) is 1. The van der Waals surface area contributed by atoms with E-state index < -0.39 is 0 Å². The molecule has 0 aromatic carbocycles. The standard InChI is InChI=1S/C14H17N3S3/c1-18-14-9(6-11(20-14)12(15)16)13-17-10(7-19-13)8-4-2-3-5-8/h6-8H,2-5H2,1H3,(H3,15,16). The van der Waals surface area contributed by atoms with Crippen LogP contribution in [0.25, 0.3) is 10.6 Å². The number of hydrogen-bond acceptors (Lipinski definition) is 5. The third-order valence-electron chi connectivity index (χ3n) is 3.67. The summed E-state index contributed by atoms with van der Waals surface area (Å²) in [4.78, 5) is 5.68. The van der Waals surface area contributed by atoms with Gasteiger partial charge in [0.05, 0.1) is 14.8 Å². The minimum absolute atomic E-state index is 0.143. The van der Waals surface area contributed by atoms with E-state index in [1.807, 2.05) is 6.07 Å². The minimum Gasteiger partial charge on any atom is -0.383 e. The first-order valence-electron chi connectivity index (χ1n) is 6.67. The van der Waals surface area contributed by atoms with Crippen LogP contribution < -0.4 is 5.73 Å². The van der Waals surface area contributed by atoms with E-state index in [4.69, 9.17) is 16.1 Å². The first-order chi connectivity index (χ1) is 9.69. The SMILES string of the molecule is CSc1sc(C(=N)N)cc1-c1nc(C2CCCC2)cs1. The molecule has 0 atom stereocenters. The molecule has 0 radical (unpaired) electrons. The zero-order chi connectivity index (χ0) is 14.1. The molecule has 3 nitrogen and oxygen atoms in total. The number of nitrogen functional groups attached to an aromatic ring is 1. The maximum absolute atomic E-state index is 7.59. The Morgan fingerprint density at radius 1 is 1.45 bits per heavy atom. The van der Waals surface area contributed by atoms with Crippen LogP contribution in [0.4, 0.5) is 0 Å². The molecule has 3 rings (SSSR count). The molecule has 0 bridgehead atoms. The van der Waals surface area contributed by atoms with Crippen molar-refractivity contribution in [2.75, 3.05) is 6.26 Å². The topological polar surface area (TPSA) is 62.8 Å². The number of nitrogens with one attached hydrogen (secondary N) is 1. The second-order valence-corrected chi connectivity index (χ2v) is 7.97. The van der Waals surface area contributed by atoms with Gasteiger partial charge in [0, 0.05) is 16.9 Å². The summed E-state index contributed by atoms with van der Waals surface area (Å²) < 4.78 is 1.20. The number of amidine groups is 1. The van der Waals surface area contributed by atoms with Crippen LogP contribution in [0.2, 0.25) is 0 Å². The summed E-state index contributed by atoms with van der Waals surface area (Å²) in [5, 5.41) is 10.9. The molecular weight excluding hydrogens is 306 g/mol. The fourth-order valence-corrected chi connectivity index (χ4v) is 5.41. The van der Waals surface area contributed by atoms with Crippen LogP contribution in [-0.4, -0.2) is 17.1 Å². The molecule has 0 spiro atoms. The van der Waals surface area contributed by atoms with E-state index in [2.05, 4.69) is 11.6 Å². The largest absolute Gasteiger partial charge is 0.383 e. The molecule has 1 aliphatic carbocycles. The molecule has 2 heterocycles. The average Bonchev–Trinajstić information content (AvgIpc) is 3.17. The smallest absolute Gasteiger partial charge is 0.133 e. The number of thiazole rings is 1. The zero-order valence-electron chi connectivity index (χ0n) is 11.3. The predicted octanol–water partition coefficient (Wildman–Crippen LogP) is 4.54. The summed E-state index contributed by atoms with van der Waals surface area (Å²) in [6.45, 7) is 0. The van der Waals surface area contributed by atoms with Gasteiger partial charge in [-0.05, 0) is 25.2 Å². The van der Waals surface area contributed by atoms with Crippen LogP contribution in [0, 0.1) is 5.41 Å². The van der Waals surface area contributed by atoms with E-state index in [9.17, 15) is 0 Å². The lowest BCUT2D eigenvalue weighted by Crippen LogP contribution is -2.08. The van der Waals surface area contributed by atoms with E-state index in [0.717, 1.165) is 15.4 Å². The van der Waals surface area contributed by atoms with Gasteiger partial charge in [0.2, 0.25) is 0 Å². The molecule has 106 valence electrons. The van der Waals surface area contributed by atoms with Crippen LogP contribution in [-0.2, 0) is 0 Å². The van der Waals surface area contributed by atoms with Crippen molar-refractivity contribution in [2.24, 2.45) is 5.73 Å². The summed E-state index contributed by atoms with van der Waals surface area (Å²) in [5.74, 6) is 0.799. The monoisotopic (exact) mass is 323 g/mol. The zero-order valence-corrected chi connectivity index (χ0v) is 13.8. The van der Waals surface area contributed by atoms with E-state index >= 15 is 0 Å². The highest BCUT2D eigenvalue weighted by Gasteiger charge is 2.21. The van der Waals surface area contributed by atoms with Crippen molar-refractivity contribution in [3.8, 4) is 10.6 Å². The minimum atomic E-state index is 0.143. The third kappa shape index (κ3) is 2.64. The molecule has 3 N–H and O–H groups in total. The van der Waals surface area contributed by atoms with Crippen LogP contribution >= 0.6 is 34.4 Å². The van der Waals surface area contributed by atoms with Gasteiger partial charge in [-0.2, -0.15) is 0 Å². The van der Waals surface area contributed by atoms with Crippen molar-refractivity contribution in [3.63, 3.8) is 0 Å². The second kappa shape index (κ2) is 5.87. The Kier molecular flexibility index (Phi) is 4.14. The second-order valence-electron chi connectivity index (χ2n) is 4.99. The molecule has 1 aliphatic rings. The van der Waals surface area contributed by atoms with Gasteiger partial charge < -0.3 is 5.73 Å². The van der Waals surface area contributed by atoms with Crippen molar-refractivity contribution in [1.82, 2.24) is 4.98 Å². The lowest BCUT2D eigenvalue weighted by molar-refractivity contribution is 0.703. The lowest BCUT2D eigenvalue weighted by atomic mass is 10.1. The van der Waals surface area contributed by atoms with Crippen LogP contribution in [0.5, 0.6) is 0 Å². The normalized spacial score (nSPS) is 15.8. The Morgan fingerprint density at radius 3 is 2.85 bits per heavy atom. The highest BCUT2D eigenvalue weighted by atomic mass is 32.2. The molecule has 0 amide bonds. The number of thiophene rings is 1. The van der Waals surface area contributed by atoms with Crippen LogP contribution in [0.15, 0.2) is 15.7 Å². The van der Waals surface area contributed by atoms with Gasteiger partial charge in [0.15, 0.2) is 0 Å². The number of aromatic nitrogens is 1. The van der Waals surface area contributed by atoms with Gasteiger partial charge in [0.25, 0.3) is 0 Å². The Labute approximate surface area is 131 Å². The predicted molar refractivity (Wildman–Crippen MR) is 89.4 cm³/mol. The van der Waals surface area contributed by atoms with Crippen molar-refractivity contribution in [1.29, 1.82) is 5.41 Å². The quantitative estimate of drug-likeness (QED) is 0.493. The molecular formula is C14H17N3S3.